The van der Waals surface area contributed by atoms with Crippen molar-refractivity contribution in [1.82, 2.24) is 0 Å². The summed E-state index contributed by atoms with van der Waals surface area (Å²) in [5.41, 5.74) is 1.50. The third-order valence-electron chi connectivity index (χ3n) is 2.22. The van der Waals surface area contributed by atoms with Crippen molar-refractivity contribution >= 4 is 0 Å². The summed E-state index contributed by atoms with van der Waals surface area (Å²) in [5, 5.41) is 0. The predicted octanol–water partition coefficient (Wildman–Crippen LogP) is 3.50. The molecule has 0 aliphatic heterocycles. The maximum atomic E-state index is 13.5. The van der Waals surface area contributed by atoms with Gasteiger partial charge in [0.25, 0.3) is 0 Å². The van der Waals surface area contributed by atoms with Gasteiger partial charge in [-0.1, -0.05) is 31.2 Å². The highest BCUT2D eigenvalue weighted by Crippen LogP contribution is 2.16. The van der Waals surface area contributed by atoms with Crippen molar-refractivity contribution in [2.24, 2.45) is 5.92 Å². The smallest absolute Gasteiger partial charge is 0.129 e. The maximum Gasteiger partial charge on any atom is 0.129 e. The zero-order valence-corrected chi connectivity index (χ0v) is 8.18. The minimum Gasteiger partial charge on any atom is -0.206 e. The summed E-state index contributed by atoms with van der Waals surface area (Å²) in [4.78, 5) is 0. The van der Waals surface area contributed by atoms with Crippen LogP contribution in [0.1, 0.15) is 18.1 Å². The molecule has 0 radical (unpaired) electrons. The molecule has 13 heavy (non-hydrogen) atoms. The quantitative estimate of drug-likeness (QED) is 0.621. The Kier molecular flexibility index (Phi) is 3.24. The van der Waals surface area contributed by atoms with Crippen molar-refractivity contribution in [3.63, 3.8) is 0 Å². The van der Waals surface area contributed by atoms with Gasteiger partial charge < -0.3 is 0 Å². The number of halogens is 1. The van der Waals surface area contributed by atoms with Crippen LogP contribution in [0.4, 0.5) is 4.39 Å². The lowest BCUT2D eigenvalue weighted by Crippen LogP contribution is -1.99. The van der Waals surface area contributed by atoms with Crippen molar-refractivity contribution in [3.05, 3.63) is 47.8 Å². The molecule has 1 aromatic carbocycles. The first kappa shape index (κ1) is 9.97. The fraction of sp³-hybridized carbons (Fsp3) is 0.333. The molecule has 1 unspecified atom stereocenters. The molecule has 0 aliphatic carbocycles. The fourth-order valence-electron chi connectivity index (χ4n) is 1.30. The number of hydrogen-bond acceptors (Lipinski definition) is 0. The molecule has 0 nitrogen and oxygen atoms in total. The molecule has 0 spiro atoms. The van der Waals surface area contributed by atoms with E-state index in [-0.39, 0.29) is 5.82 Å². The van der Waals surface area contributed by atoms with Crippen molar-refractivity contribution in [2.45, 2.75) is 20.3 Å². The highest BCUT2D eigenvalue weighted by Gasteiger charge is 2.06. The van der Waals surface area contributed by atoms with Gasteiger partial charge in [0.05, 0.1) is 0 Å². The third kappa shape index (κ3) is 2.41. The molecule has 0 aliphatic rings. The van der Waals surface area contributed by atoms with E-state index in [1.54, 1.807) is 13.0 Å². The van der Waals surface area contributed by atoms with E-state index in [4.69, 9.17) is 0 Å². The summed E-state index contributed by atoms with van der Waals surface area (Å²) >= 11 is 0. The van der Waals surface area contributed by atoms with Gasteiger partial charge in [0.1, 0.15) is 5.82 Å². The van der Waals surface area contributed by atoms with Gasteiger partial charge in [-0.05, 0) is 30.4 Å². The molecule has 70 valence electrons. The SMILES string of the molecule is C=CC(C)Cc1cccc(C)c1F. The molecule has 1 atom stereocenters. The largest absolute Gasteiger partial charge is 0.206 e. The van der Waals surface area contributed by atoms with Gasteiger partial charge in [-0.25, -0.2) is 4.39 Å². The number of benzene rings is 1. The minimum absolute atomic E-state index is 0.0730. The van der Waals surface area contributed by atoms with Crippen LogP contribution in [-0.2, 0) is 6.42 Å². The zero-order valence-electron chi connectivity index (χ0n) is 8.18. The van der Waals surface area contributed by atoms with E-state index in [1.807, 2.05) is 25.1 Å². The molecule has 0 saturated carbocycles. The number of aryl methyl sites for hydroxylation is 1. The Balaban J connectivity index is 2.88. The Morgan fingerprint density at radius 3 is 2.85 bits per heavy atom. The van der Waals surface area contributed by atoms with E-state index in [9.17, 15) is 4.39 Å². The molecule has 1 aromatic rings. The summed E-state index contributed by atoms with van der Waals surface area (Å²) in [6, 6.07) is 5.52. The molecule has 0 fully saturated rings. The van der Waals surface area contributed by atoms with Gasteiger partial charge in [-0.3, -0.25) is 0 Å². The first-order chi connectivity index (χ1) is 6.15. The number of rotatable bonds is 3. The average Bonchev–Trinajstić information content (AvgIpc) is 2.13. The Hall–Kier alpha value is -1.11. The zero-order chi connectivity index (χ0) is 9.84. The Labute approximate surface area is 79.1 Å². The number of allylic oxidation sites excluding steroid dienone is 1. The van der Waals surface area contributed by atoms with E-state index < -0.39 is 0 Å². The Morgan fingerprint density at radius 1 is 1.54 bits per heavy atom. The lowest BCUT2D eigenvalue weighted by Gasteiger charge is -2.08. The molecule has 1 rings (SSSR count). The maximum absolute atomic E-state index is 13.5. The molecular formula is C12H15F. The lowest BCUT2D eigenvalue weighted by atomic mass is 9.99. The fourth-order valence-corrected chi connectivity index (χ4v) is 1.30. The molecule has 1 heteroatoms. The molecule has 0 aromatic heterocycles. The summed E-state index contributed by atoms with van der Waals surface area (Å²) < 4.78 is 13.5. The standard InChI is InChI=1S/C12H15F/c1-4-9(2)8-11-7-5-6-10(3)12(11)13/h4-7,9H,1,8H2,2-3H3. The van der Waals surface area contributed by atoms with Gasteiger partial charge >= 0.3 is 0 Å². The molecule has 0 saturated heterocycles. The highest BCUT2D eigenvalue weighted by molar-refractivity contribution is 5.25. The molecule has 0 N–H and O–H groups in total. The average molecular weight is 178 g/mol. The number of hydrogen-bond donors (Lipinski definition) is 0. The monoisotopic (exact) mass is 178 g/mol. The van der Waals surface area contributed by atoms with Gasteiger partial charge in [0.2, 0.25) is 0 Å². The second-order valence-electron chi connectivity index (χ2n) is 3.47. The van der Waals surface area contributed by atoms with Gasteiger partial charge in [0.15, 0.2) is 0 Å². The molecule has 0 heterocycles. The summed E-state index contributed by atoms with van der Waals surface area (Å²) in [7, 11) is 0. The van der Waals surface area contributed by atoms with Gasteiger partial charge in [-0.2, -0.15) is 0 Å². The van der Waals surface area contributed by atoms with Crippen LogP contribution in [0.2, 0.25) is 0 Å². The molecule has 0 amide bonds. The summed E-state index contributed by atoms with van der Waals surface area (Å²) in [6.07, 6.45) is 2.58. The van der Waals surface area contributed by atoms with Crippen LogP contribution in [0.5, 0.6) is 0 Å². The highest BCUT2D eigenvalue weighted by atomic mass is 19.1. The summed E-state index contributed by atoms with van der Waals surface area (Å²) in [5.74, 6) is 0.257. The van der Waals surface area contributed by atoms with Crippen LogP contribution in [0, 0.1) is 18.7 Å². The van der Waals surface area contributed by atoms with E-state index in [0.717, 1.165) is 12.0 Å². The van der Waals surface area contributed by atoms with Crippen LogP contribution in [0.3, 0.4) is 0 Å². The first-order valence-corrected chi connectivity index (χ1v) is 4.51. The third-order valence-corrected chi connectivity index (χ3v) is 2.22. The van der Waals surface area contributed by atoms with E-state index >= 15 is 0 Å². The predicted molar refractivity (Wildman–Crippen MR) is 54.2 cm³/mol. The van der Waals surface area contributed by atoms with Crippen LogP contribution >= 0.6 is 0 Å². The topological polar surface area (TPSA) is 0 Å². The Bertz CT molecular complexity index is 302. The van der Waals surface area contributed by atoms with Crippen LogP contribution in [-0.4, -0.2) is 0 Å². The normalized spacial score (nSPS) is 12.5. The second-order valence-corrected chi connectivity index (χ2v) is 3.47. The first-order valence-electron chi connectivity index (χ1n) is 4.51. The van der Waals surface area contributed by atoms with Crippen molar-refractivity contribution in [1.29, 1.82) is 0 Å². The van der Waals surface area contributed by atoms with E-state index in [2.05, 4.69) is 6.58 Å². The van der Waals surface area contributed by atoms with Gasteiger partial charge in [-0.15, -0.1) is 6.58 Å². The van der Waals surface area contributed by atoms with Crippen molar-refractivity contribution in [3.8, 4) is 0 Å². The Morgan fingerprint density at radius 2 is 2.23 bits per heavy atom. The van der Waals surface area contributed by atoms with Crippen LogP contribution in [0.25, 0.3) is 0 Å². The van der Waals surface area contributed by atoms with Gasteiger partial charge in [0, 0.05) is 0 Å². The van der Waals surface area contributed by atoms with Crippen molar-refractivity contribution in [2.75, 3.05) is 0 Å². The van der Waals surface area contributed by atoms with E-state index in [1.165, 1.54) is 0 Å². The molecule has 0 bridgehead atoms. The summed E-state index contributed by atoms with van der Waals surface area (Å²) in [6.45, 7) is 7.51. The van der Waals surface area contributed by atoms with E-state index in [0.29, 0.717) is 11.5 Å². The van der Waals surface area contributed by atoms with Crippen molar-refractivity contribution < 1.29 is 4.39 Å². The van der Waals surface area contributed by atoms with Crippen LogP contribution in [0.15, 0.2) is 30.9 Å². The minimum atomic E-state index is -0.0730. The molecular weight excluding hydrogens is 163 g/mol. The lowest BCUT2D eigenvalue weighted by molar-refractivity contribution is 0.584. The van der Waals surface area contributed by atoms with Crippen LogP contribution < -0.4 is 0 Å². The second kappa shape index (κ2) is 4.22.